The fourth-order valence-corrected chi connectivity index (χ4v) is 10.6. The van der Waals surface area contributed by atoms with Crippen LogP contribution in [0, 0.1) is 65.8 Å². The van der Waals surface area contributed by atoms with Crippen molar-refractivity contribution in [2.75, 3.05) is 0 Å². The summed E-state index contributed by atoms with van der Waals surface area (Å²) in [7, 11) is 3.98. The Kier molecular flexibility index (Phi) is 13.5. The normalized spacial score (nSPS) is 11.3. The molecule has 0 fully saturated rings. The van der Waals surface area contributed by atoms with Crippen LogP contribution in [0.5, 0.6) is 23.0 Å². The summed E-state index contributed by atoms with van der Waals surface area (Å²) >= 11 is 0. The van der Waals surface area contributed by atoms with Gasteiger partial charge in [0.1, 0.15) is 11.6 Å². The number of fused-ring (bicyclic) bond motifs is 5. The molecule has 368 valence electrons. The fourth-order valence-electron chi connectivity index (χ4n) is 10.6. The van der Waals surface area contributed by atoms with Crippen molar-refractivity contribution in [3.05, 3.63) is 204 Å². The number of ether oxygens (including phenoxy) is 2. The van der Waals surface area contributed by atoms with E-state index >= 15 is 0 Å². The van der Waals surface area contributed by atoms with Gasteiger partial charge in [0.05, 0.1) is 11.6 Å². The second-order valence-corrected chi connectivity index (χ2v) is 18.7. The molecule has 0 unspecified atom stereocenters. The van der Waals surface area contributed by atoms with Crippen LogP contribution in [0.25, 0.3) is 89.5 Å². The molecule has 12 aromatic rings. The second kappa shape index (κ2) is 20.0. The summed E-state index contributed by atoms with van der Waals surface area (Å²) in [6, 6.07) is 51.7. The zero-order valence-corrected chi connectivity index (χ0v) is 46.4. The number of benzene rings is 6. The molecule has 10 nitrogen and oxygen atoms in total. The molecule has 0 aliphatic carbocycles. The Morgan fingerprint density at radius 1 is 0.419 bits per heavy atom. The van der Waals surface area contributed by atoms with Gasteiger partial charge in [0, 0.05) is 85.3 Å². The van der Waals surface area contributed by atoms with Crippen molar-refractivity contribution >= 4 is 32.8 Å². The standard InChI is InChI=1S/C62H48N8O2.2Pt/c1-37-25-39(3)57(40(4)26-37)43-29-45(61-65-21-23-67(61)7)33-49(31-43)71-47-15-17-51-53(35-47)69(55-13-9-11-19-63-55)60-52-18-16-48(36-54(52)70(59(51)60)56-14-10-12-20-64-56)72-50-32-44(58-41(5)27-38(2)28-42(58)6)30-46(34-50)62-66-22-24-68(62)8;;/h9-32H,1-8H3;;/q-4;2*+2. The van der Waals surface area contributed by atoms with E-state index in [0.29, 0.717) is 23.0 Å². The van der Waals surface area contributed by atoms with Gasteiger partial charge in [0.15, 0.2) is 0 Å². The molecule has 12 heteroatoms. The number of pyridine rings is 2. The van der Waals surface area contributed by atoms with Gasteiger partial charge >= 0.3 is 42.1 Å². The molecule has 6 aromatic carbocycles. The van der Waals surface area contributed by atoms with E-state index < -0.39 is 0 Å². The van der Waals surface area contributed by atoms with Gasteiger partial charge in [-0.15, -0.1) is 47.5 Å². The number of rotatable bonds is 10. The van der Waals surface area contributed by atoms with Crippen LogP contribution < -0.4 is 9.47 Å². The van der Waals surface area contributed by atoms with Crippen LogP contribution in [0.4, 0.5) is 0 Å². The van der Waals surface area contributed by atoms with E-state index in [9.17, 15) is 0 Å². The van der Waals surface area contributed by atoms with Crippen molar-refractivity contribution < 1.29 is 51.6 Å². The minimum atomic E-state index is 0. The number of nitrogens with zero attached hydrogens (tertiary/aromatic N) is 8. The van der Waals surface area contributed by atoms with Crippen LogP contribution in [-0.4, -0.2) is 38.2 Å². The Hall–Kier alpha value is -7.64. The third-order valence-electron chi connectivity index (χ3n) is 13.4. The first-order chi connectivity index (χ1) is 34.9. The van der Waals surface area contributed by atoms with E-state index in [0.717, 1.165) is 89.5 Å². The molecule has 0 saturated heterocycles. The van der Waals surface area contributed by atoms with Crippen LogP contribution in [-0.2, 0) is 56.2 Å². The second-order valence-electron chi connectivity index (χ2n) is 18.7. The fraction of sp³-hybridized carbons (Fsp3) is 0.129. The molecule has 0 aliphatic heterocycles. The zero-order valence-electron chi connectivity index (χ0n) is 41.9. The van der Waals surface area contributed by atoms with Gasteiger partial charge < -0.3 is 27.7 Å². The van der Waals surface area contributed by atoms with Gasteiger partial charge in [0.25, 0.3) is 0 Å². The largest absolute Gasteiger partial charge is 2.00 e. The van der Waals surface area contributed by atoms with E-state index in [-0.39, 0.29) is 42.1 Å². The maximum absolute atomic E-state index is 6.83. The van der Waals surface area contributed by atoms with E-state index in [1.807, 2.05) is 84.2 Å². The molecule has 12 rings (SSSR count). The molecule has 6 aromatic heterocycles. The Bertz CT molecular complexity index is 3780. The van der Waals surface area contributed by atoms with E-state index in [1.54, 1.807) is 24.8 Å². The molecule has 0 aliphatic rings. The minimum absolute atomic E-state index is 0. The summed E-state index contributed by atoms with van der Waals surface area (Å²) in [5, 5.41) is 1.84. The van der Waals surface area contributed by atoms with Crippen molar-refractivity contribution in [2.45, 2.75) is 41.5 Å². The van der Waals surface area contributed by atoms with E-state index in [2.05, 4.69) is 136 Å². The van der Waals surface area contributed by atoms with E-state index in [4.69, 9.17) is 29.4 Å². The maximum atomic E-state index is 6.83. The summed E-state index contributed by atoms with van der Waals surface area (Å²) < 4.78 is 21.9. The van der Waals surface area contributed by atoms with Crippen molar-refractivity contribution in [2.24, 2.45) is 14.1 Å². The first-order valence-electron chi connectivity index (χ1n) is 23.9. The number of aromatic nitrogens is 8. The summed E-state index contributed by atoms with van der Waals surface area (Å²) in [6.07, 6.45) is 11.1. The number of aryl methyl sites for hydroxylation is 8. The van der Waals surface area contributed by atoms with E-state index in [1.165, 1.54) is 33.4 Å². The van der Waals surface area contributed by atoms with Crippen molar-refractivity contribution in [1.82, 2.24) is 38.2 Å². The summed E-state index contributed by atoms with van der Waals surface area (Å²) in [4.78, 5) is 19.2. The zero-order chi connectivity index (χ0) is 49.4. The SMILES string of the molecule is Cc1cc(C)c(-c2cc(Oc3[c-]c4c(cc3)c3c(c5ccc(Oc6[c-]c(-c7nccn7C)cc(-c7c(C)cc(C)cc7C)c6)[c-]c5n3-c3ccccn3)n4-c3ccccn3)[c-]c(-c3nccn3C)c2)c(C)c1.[Pt+2].[Pt+2]. The quantitative estimate of drug-likeness (QED) is 0.127. The average molecular weight is 1330 g/mol. The number of imidazole rings is 2. The first-order valence-corrected chi connectivity index (χ1v) is 23.9. The maximum Gasteiger partial charge on any atom is 2.00 e. The summed E-state index contributed by atoms with van der Waals surface area (Å²) in [6.45, 7) is 12.9. The monoisotopic (exact) mass is 1330 g/mol. The molecule has 0 saturated carbocycles. The molecule has 0 N–H and O–H groups in total. The Morgan fingerprint density at radius 3 is 1.18 bits per heavy atom. The Labute approximate surface area is 458 Å². The smallest absolute Gasteiger partial charge is 0.503 e. The van der Waals surface area contributed by atoms with Gasteiger partial charge in [-0.2, -0.15) is 12.1 Å². The van der Waals surface area contributed by atoms with Crippen molar-refractivity contribution in [3.8, 4) is 79.7 Å². The number of hydrogen-bond acceptors (Lipinski definition) is 6. The summed E-state index contributed by atoms with van der Waals surface area (Å²) in [5.74, 6) is 5.15. The first kappa shape index (κ1) is 49.9. The molecule has 74 heavy (non-hydrogen) atoms. The van der Waals surface area contributed by atoms with Gasteiger partial charge in [-0.25, -0.2) is 9.97 Å². The van der Waals surface area contributed by atoms with Gasteiger partial charge in [-0.3, -0.25) is 9.97 Å². The summed E-state index contributed by atoms with van der Waals surface area (Å²) in [5.41, 5.74) is 16.6. The molecule has 6 heterocycles. The van der Waals surface area contributed by atoms with Gasteiger partial charge in [-0.1, -0.05) is 105 Å². The van der Waals surface area contributed by atoms with Crippen molar-refractivity contribution in [3.63, 3.8) is 0 Å². The Balaban J connectivity index is 0.00000313. The predicted octanol–water partition coefficient (Wildman–Crippen LogP) is 14.3. The minimum Gasteiger partial charge on any atom is -0.503 e. The predicted molar refractivity (Wildman–Crippen MR) is 285 cm³/mol. The van der Waals surface area contributed by atoms with Crippen LogP contribution in [0.15, 0.2) is 146 Å². The van der Waals surface area contributed by atoms with Crippen LogP contribution >= 0.6 is 0 Å². The van der Waals surface area contributed by atoms with Crippen LogP contribution in [0.1, 0.15) is 33.4 Å². The molecule has 0 spiro atoms. The van der Waals surface area contributed by atoms with Gasteiger partial charge in [0.2, 0.25) is 0 Å². The van der Waals surface area contributed by atoms with Crippen LogP contribution in [0.3, 0.4) is 0 Å². The molecule has 0 atom stereocenters. The number of hydrogen-bond donors (Lipinski definition) is 0. The topological polar surface area (TPSA) is 89.7 Å². The van der Waals surface area contributed by atoms with Gasteiger partial charge in [-0.05, 0) is 99.2 Å². The third kappa shape index (κ3) is 8.90. The molecule has 0 radical (unpaired) electrons. The van der Waals surface area contributed by atoms with Crippen LogP contribution in [0.2, 0.25) is 0 Å². The Morgan fingerprint density at radius 2 is 0.824 bits per heavy atom. The molecule has 0 amide bonds. The van der Waals surface area contributed by atoms with Crippen molar-refractivity contribution in [1.29, 1.82) is 0 Å². The molecular weight excluding hydrogens is 1280 g/mol. The molecular formula is C62H48N8O2Pt2. The third-order valence-corrected chi connectivity index (χ3v) is 13.4. The molecule has 0 bridgehead atoms. The average Bonchev–Trinajstić information content (AvgIpc) is 4.14.